The third-order valence-corrected chi connectivity index (χ3v) is 3.15. The molecule has 0 saturated heterocycles. The van der Waals surface area contributed by atoms with Gasteiger partial charge in [0.25, 0.3) is 5.91 Å². The minimum Gasteiger partial charge on any atom is -0.305 e. The number of rotatable bonds is 3. The molecular weight excluding hydrogens is 274 g/mol. The van der Waals surface area contributed by atoms with Crippen LogP contribution in [-0.4, -0.2) is 24.4 Å². The van der Waals surface area contributed by atoms with E-state index >= 15 is 0 Å². The predicted molar refractivity (Wildman–Crippen MR) is 76.2 cm³/mol. The van der Waals surface area contributed by atoms with Crippen LogP contribution in [0.1, 0.15) is 16.2 Å². The summed E-state index contributed by atoms with van der Waals surface area (Å²) in [7, 11) is 0. The number of benzene rings is 1. The van der Waals surface area contributed by atoms with E-state index in [0.29, 0.717) is 11.5 Å². The van der Waals surface area contributed by atoms with Crippen molar-refractivity contribution in [3.63, 3.8) is 0 Å². The quantitative estimate of drug-likeness (QED) is 0.801. The molecule has 0 spiro atoms. The van der Waals surface area contributed by atoms with Crippen molar-refractivity contribution in [2.24, 2.45) is 0 Å². The van der Waals surface area contributed by atoms with Gasteiger partial charge in [-0.05, 0) is 19.1 Å². The van der Waals surface area contributed by atoms with Crippen molar-refractivity contribution < 1.29 is 4.79 Å². The van der Waals surface area contributed by atoms with Crippen LogP contribution in [0.15, 0.2) is 42.6 Å². The van der Waals surface area contributed by atoms with Crippen molar-refractivity contribution in [1.29, 1.82) is 0 Å². The van der Waals surface area contributed by atoms with E-state index in [4.69, 9.17) is 0 Å². The number of hydrogen-bond donors (Lipinski definition) is 1. The first-order valence-corrected chi connectivity index (χ1v) is 6.68. The molecule has 3 rings (SSSR count). The van der Waals surface area contributed by atoms with Gasteiger partial charge in [-0.3, -0.25) is 4.79 Å². The molecule has 100 valence electrons. The predicted octanol–water partition coefficient (Wildman–Crippen LogP) is 2.28. The Morgan fingerprint density at radius 2 is 2.10 bits per heavy atom. The molecule has 0 aliphatic heterocycles. The average Bonchev–Trinajstić information content (AvgIpc) is 3.09. The molecule has 0 unspecified atom stereocenters. The second-order valence-electron chi connectivity index (χ2n) is 4.17. The largest absolute Gasteiger partial charge is 0.305 e. The standard InChI is InChI=1S/C13H11N5OS/c1-9-7-12(15-13(19)11-8-14-20-17-11)18(16-9)10-5-3-2-4-6-10/h2-8H,1H3,(H,15,19). The number of nitrogens with one attached hydrogen (secondary N) is 1. The first kappa shape index (κ1) is 12.5. The number of nitrogens with zero attached hydrogens (tertiary/aromatic N) is 4. The lowest BCUT2D eigenvalue weighted by Crippen LogP contribution is -2.15. The maximum absolute atomic E-state index is 12.0. The van der Waals surface area contributed by atoms with Crippen LogP contribution in [0.2, 0.25) is 0 Å². The average molecular weight is 285 g/mol. The van der Waals surface area contributed by atoms with Gasteiger partial charge >= 0.3 is 0 Å². The molecule has 6 nitrogen and oxygen atoms in total. The Morgan fingerprint density at radius 1 is 1.30 bits per heavy atom. The van der Waals surface area contributed by atoms with Crippen molar-refractivity contribution >= 4 is 23.5 Å². The molecule has 0 aliphatic carbocycles. The van der Waals surface area contributed by atoms with Gasteiger partial charge in [0.2, 0.25) is 0 Å². The molecule has 3 aromatic rings. The van der Waals surface area contributed by atoms with Crippen LogP contribution in [0, 0.1) is 6.92 Å². The van der Waals surface area contributed by atoms with Gasteiger partial charge in [0, 0.05) is 6.07 Å². The first-order chi connectivity index (χ1) is 9.74. The molecule has 0 atom stereocenters. The van der Waals surface area contributed by atoms with Crippen LogP contribution in [0.25, 0.3) is 5.69 Å². The summed E-state index contributed by atoms with van der Waals surface area (Å²) in [6.45, 7) is 1.87. The first-order valence-electron chi connectivity index (χ1n) is 5.95. The highest BCUT2D eigenvalue weighted by Crippen LogP contribution is 2.17. The number of hydrogen-bond acceptors (Lipinski definition) is 5. The summed E-state index contributed by atoms with van der Waals surface area (Å²) >= 11 is 1.00. The Kier molecular flexibility index (Phi) is 3.26. The number of carbonyl (C=O) groups is 1. The number of para-hydroxylation sites is 1. The zero-order chi connectivity index (χ0) is 13.9. The molecule has 7 heteroatoms. The number of aromatic nitrogens is 4. The van der Waals surface area contributed by atoms with Crippen LogP contribution in [0.4, 0.5) is 5.82 Å². The Morgan fingerprint density at radius 3 is 2.80 bits per heavy atom. The maximum atomic E-state index is 12.0. The van der Waals surface area contributed by atoms with E-state index < -0.39 is 0 Å². The van der Waals surface area contributed by atoms with Crippen molar-refractivity contribution in [1.82, 2.24) is 18.5 Å². The van der Waals surface area contributed by atoms with Crippen LogP contribution in [0.3, 0.4) is 0 Å². The van der Waals surface area contributed by atoms with Crippen LogP contribution < -0.4 is 5.32 Å². The van der Waals surface area contributed by atoms with Gasteiger partial charge in [0.15, 0.2) is 5.69 Å². The third-order valence-electron chi connectivity index (χ3n) is 2.67. The second-order valence-corrected chi connectivity index (χ2v) is 4.72. The van der Waals surface area contributed by atoms with Crippen LogP contribution in [-0.2, 0) is 0 Å². The molecule has 2 heterocycles. The van der Waals surface area contributed by atoms with Crippen LogP contribution in [0.5, 0.6) is 0 Å². The molecule has 2 aromatic heterocycles. The van der Waals surface area contributed by atoms with Gasteiger partial charge in [0.1, 0.15) is 5.82 Å². The minimum absolute atomic E-state index is 0.296. The molecule has 0 saturated carbocycles. The minimum atomic E-state index is -0.296. The zero-order valence-electron chi connectivity index (χ0n) is 10.6. The summed E-state index contributed by atoms with van der Waals surface area (Å²) < 4.78 is 9.42. The molecular formula is C13H11N5OS. The number of carbonyl (C=O) groups excluding carboxylic acids is 1. The summed E-state index contributed by atoms with van der Waals surface area (Å²) in [5, 5.41) is 7.18. The van der Waals surface area contributed by atoms with E-state index in [1.165, 1.54) is 6.20 Å². The smallest absolute Gasteiger partial charge is 0.278 e. The van der Waals surface area contributed by atoms with Gasteiger partial charge in [-0.25, -0.2) is 4.68 Å². The fourth-order valence-corrected chi connectivity index (χ4v) is 2.21. The van der Waals surface area contributed by atoms with Crippen molar-refractivity contribution in [2.75, 3.05) is 5.32 Å². The van der Waals surface area contributed by atoms with Crippen molar-refractivity contribution in [3.05, 3.63) is 54.0 Å². The molecule has 0 fully saturated rings. The van der Waals surface area contributed by atoms with Gasteiger partial charge < -0.3 is 5.32 Å². The summed E-state index contributed by atoms with van der Waals surface area (Å²) in [6.07, 6.45) is 1.44. The fraction of sp³-hybridized carbons (Fsp3) is 0.0769. The SMILES string of the molecule is Cc1cc(NC(=O)c2cnsn2)n(-c2ccccc2)n1. The number of amides is 1. The second kappa shape index (κ2) is 5.22. The topological polar surface area (TPSA) is 72.7 Å². The van der Waals surface area contributed by atoms with E-state index in [1.54, 1.807) is 4.68 Å². The molecule has 1 aromatic carbocycles. The van der Waals surface area contributed by atoms with E-state index in [2.05, 4.69) is 19.2 Å². The molecule has 0 aliphatic rings. The molecule has 1 amide bonds. The van der Waals surface area contributed by atoms with E-state index in [0.717, 1.165) is 23.1 Å². The highest BCUT2D eigenvalue weighted by Gasteiger charge is 2.13. The summed E-state index contributed by atoms with van der Waals surface area (Å²) in [5.74, 6) is 0.308. The third kappa shape index (κ3) is 2.43. The monoisotopic (exact) mass is 285 g/mol. The summed E-state index contributed by atoms with van der Waals surface area (Å²) in [4.78, 5) is 12.0. The lowest BCUT2D eigenvalue weighted by molar-refractivity contribution is 0.102. The summed E-state index contributed by atoms with van der Waals surface area (Å²) in [5.41, 5.74) is 2.00. The van der Waals surface area contributed by atoms with Gasteiger partial charge in [-0.1, -0.05) is 18.2 Å². The Labute approximate surface area is 119 Å². The molecule has 1 N–H and O–H groups in total. The Hall–Kier alpha value is -2.54. The van der Waals surface area contributed by atoms with E-state index in [-0.39, 0.29) is 5.91 Å². The fourth-order valence-electron chi connectivity index (χ4n) is 1.80. The van der Waals surface area contributed by atoms with Gasteiger partial charge in [-0.2, -0.15) is 13.8 Å². The Balaban J connectivity index is 1.93. The normalized spacial score (nSPS) is 10.4. The highest BCUT2D eigenvalue weighted by atomic mass is 32.1. The number of aryl methyl sites for hydroxylation is 1. The van der Waals surface area contributed by atoms with E-state index in [1.807, 2.05) is 43.3 Å². The van der Waals surface area contributed by atoms with Gasteiger partial charge in [-0.15, -0.1) is 0 Å². The van der Waals surface area contributed by atoms with Gasteiger partial charge in [0.05, 0.1) is 29.3 Å². The summed E-state index contributed by atoms with van der Waals surface area (Å²) in [6, 6.07) is 11.4. The maximum Gasteiger partial charge on any atom is 0.278 e. The molecule has 0 bridgehead atoms. The van der Waals surface area contributed by atoms with E-state index in [9.17, 15) is 4.79 Å². The highest BCUT2D eigenvalue weighted by molar-refractivity contribution is 6.99. The lowest BCUT2D eigenvalue weighted by Gasteiger charge is -2.07. The molecule has 0 radical (unpaired) electrons. The lowest BCUT2D eigenvalue weighted by atomic mass is 10.3. The Bertz CT molecular complexity index is 721. The zero-order valence-corrected chi connectivity index (χ0v) is 11.5. The van der Waals surface area contributed by atoms with Crippen molar-refractivity contribution in [2.45, 2.75) is 6.92 Å². The molecule has 20 heavy (non-hydrogen) atoms. The number of anilines is 1. The van der Waals surface area contributed by atoms with Crippen molar-refractivity contribution in [3.8, 4) is 5.69 Å². The van der Waals surface area contributed by atoms with Crippen LogP contribution >= 0.6 is 11.7 Å².